The lowest BCUT2D eigenvalue weighted by molar-refractivity contribution is -0.108. The van der Waals surface area contributed by atoms with Crippen molar-refractivity contribution >= 4 is 53.3 Å². The molecule has 104 valence electrons. The summed E-state index contributed by atoms with van der Waals surface area (Å²) in [6.45, 7) is 4.57. The van der Waals surface area contributed by atoms with E-state index in [-0.39, 0.29) is 4.08 Å². The minimum absolute atomic E-state index is 0.132. The Bertz CT molecular complexity index is 286. The first-order chi connectivity index (χ1) is 8.63. The summed E-state index contributed by atoms with van der Waals surface area (Å²) in [6, 6.07) is 0. The Kier molecular flexibility index (Phi) is 6.17. The van der Waals surface area contributed by atoms with Crippen LogP contribution in [0.2, 0.25) is 0 Å². The van der Waals surface area contributed by atoms with E-state index in [0.717, 1.165) is 17.4 Å². The van der Waals surface area contributed by atoms with Crippen molar-refractivity contribution in [3.8, 4) is 0 Å². The van der Waals surface area contributed by atoms with E-state index in [2.05, 4.69) is 37.4 Å². The minimum Gasteiger partial charge on any atom is -0.301 e. The maximum absolute atomic E-state index is 11.5. The maximum Gasteiger partial charge on any atom is 0.146 e. The van der Waals surface area contributed by atoms with Gasteiger partial charge < -0.3 is 4.79 Å². The number of carbonyl (C=O) groups is 1. The predicted octanol–water partition coefficient (Wildman–Crippen LogP) is 4.16. The molecule has 2 rings (SSSR count). The molecule has 2 aliphatic rings. The highest BCUT2D eigenvalue weighted by molar-refractivity contribution is 8.22. The molecule has 2 aliphatic heterocycles. The van der Waals surface area contributed by atoms with Crippen LogP contribution in [0.3, 0.4) is 0 Å². The summed E-state index contributed by atoms with van der Waals surface area (Å²) in [5, 5.41) is 2.09. The van der Waals surface area contributed by atoms with Crippen LogP contribution >= 0.6 is 47.0 Å². The monoisotopic (exact) mass is 322 g/mol. The van der Waals surface area contributed by atoms with E-state index in [0.29, 0.717) is 10.5 Å². The standard InChI is InChI=1S/C13H22OS4/c1-10-7-16-12(4-3-5-15-10)6-13(9-14)17-8-11(2)18-13/h9-12H,3-8H2,1-2H3. The first-order valence-corrected chi connectivity index (χ1v) is 10.6. The lowest BCUT2D eigenvalue weighted by Gasteiger charge is -2.29. The predicted molar refractivity (Wildman–Crippen MR) is 90.3 cm³/mol. The van der Waals surface area contributed by atoms with Crippen molar-refractivity contribution in [2.45, 2.75) is 52.9 Å². The van der Waals surface area contributed by atoms with Crippen LogP contribution in [0.1, 0.15) is 33.1 Å². The fourth-order valence-corrected chi connectivity index (χ4v) is 8.57. The van der Waals surface area contributed by atoms with E-state index in [1.807, 2.05) is 23.5 Å². The fraction of sp³-hybridized carbons (Fsp3) is 0.923. The SMILES string of the molecule is CC1CSC(CC2(C=O)SCC(C)S2)CCCS1. The second kappa shape index (κ2) is 7.19. The van der Waals surface area contributed by atoms with Crippen LogP contribution in [0.5, 0.6) is 0 Å². The van der Waals surface area contributed by atoms with Gasteiger partial charge >= 0.3 is 0 Å². The van der Waals surface area contributed by atoms with Crippen molar-refractivity contribution in [1.82, 2.24) is 0 Å². The van der Waals surface area contributed by atoms with Crippen LogP contribution in [0, 0.1) is 0 Å². The molecule has 0 aromatic heterocycles. The van der Waals surface area contributed by atoms with E-state index in [9.17, 15) is 4.79 Å². The molecule has 0 bridgehead atoms. The molecule has 0 aromatic rings. The summed E-state index contributed by atoms with van der Waals surface area (Å²) in [5.74, 6) is 3.67. The zero-order chi connectivity index (χ0) is 13.0. The van der Waals surface area contributed by atoms with Crippen molar-refractivity contribution < 1.29 is 4.79 Å². The van der Waals surface area contributed by atoms with E-state index < -0.39 is 0 Å². The lowest BCUT2D eigenvalue weighted by atomic mass is 10.1. The van der Waals surface area contributed by atoms with Crippen molar-refractivity contribution in [2.75, 3.05) is 17.3 Å². The van der Waals surface area contributed by atoms with Gasteiger partial charge in [0.05, 0.1) is 0 Å². The number of carbonyl (C=O) groups excluding carboxylic acids is 1. The molecular formula is C13H22OS4. The average molecular weight is 323 g/mol. The van der Waals surface area contributed by atoms with Crippen molar-refractivity contribution in [3.63, 3.8) is 0 Å². The van der Waals surface area contributed by atoms with Gasteiger partial charge in [0.15, 0.2) is 0 Å². The fourth-order valence-electron chi connectivity index (χ4n) is 2.36. The Morgan fingerprint density at radius 1 is 1.22 bits per heavy atom. The van der Waals surface area contributed by atoms with Gasteiger partial charge in [0.2, 0.25) is 0 Å². The third-order valence-corrected chi connectivity index (χ3v) is 9.83. The third kappa shape index (κ3) is 4.29. The zero-order valence-corrected chi connectivity index (χ0v) is 14.4. The Hall–Kier alpha value is 1.07. The Labute approximate surface area is 128 Å². The maximum atomic E-state index is 11.5. The molecule has 0 amide bonds. The molecule has 0 aliphatic carbocycles. The van der Waals surface area contributed by atoms with Crippen LogP contribution in [0.15, 0.2) is 0 Å². The smallest absolute Gasteiger partial charge is 0.146 e. The van der Waals surface area contributed by atoms with Gasteiger partial charge in [-0.05, 0) is 25.0 Å². The van der Waals surface area contributed by atoms with Crippen molar-refractivity contribution in [3.05, 3.63) is 0 Å². The molecule has 0 saturated carbocycles. The molecule has 2 saturated heterocycles. The van der Waals surface area contributed by atoms with Gasteiger partial charge in [0.1, 0.15) is 10.4 Å². The van der Waals surface area contributed by atoms with E-state index in [4.69, 9.17) is 0 Å². The average Bonchev–Trinajstić information content (AvgIpc) is 2.71. The molecular weight excluding hydrogens is 300 g/mol. The minimum atomic E-state index is -0.132. The van der Waals surface area contributed by atoms with Gasteiger partial charge in [-0.25, -0.2) is 0 Å². The molecule has 5 heteroatoms. The van der Waals surface area contributed by atoms with Gasteiger partial charge in [-0.2, -0.15) is 23.5 Å². The lowest BCUT2D eigenvalue weighted by Crippen LogP contribution is -2.26. The van der Waals surface area contributed by atoms with Crippen LogP contribution in [0.25, 0.3) is 0 Å². The number of aldehydes is 1. The Morgan fingerprint density at radius 3 is 2.72 bits per heavy atom. The third-order valence-electron chi connectivity index (χ3n) is 3.29. The Morgan fingerprint density at radius 2 is 2.06 bits per heavy atom. The summed E-state index contributed by atoms with van der Waals surface area (Å²) >= 11 is 7.98. The Balaban J connectivity index is 1.91. The second-order valence-corrected chi connectivity index (χ2v) is 11.4. The topological polar surface area (TPSA) is 17.1 Å². The second-order valence-electron chi connectivity index (χ2n) is 5.15. The molecule has 2 heterocycles. The van der Waals surface area contributed by atoms with Crippen molar-refractivity contribution in [2.24, 2.45) is 0 Å². The highest BCUT2D eigenvalue weighted by Crippen LogP contribution is 2.51. The number of hydrogen-bond acceptors (Lipinski definition) is 5. The van der Waals surface area contributed by atoms with E-state index >= 15 is 0 Å². The molecule has 0 N–H and O–H groups in total. The summed E-state index contributed by atoms with van der Waals surface area (Å²) in [5.41, 5.74) is 0. The molecule has 2 fully saturated rings. The van der Waals surface area contributed by atoms with Crippen LogP contribution in [-0.4, -0.2) is 43.4 Å². The molecule has 1 nitrogen and oxygen atoms in total. The highest BCUT2D eigenvalue weighted by Gasteiger charge is 2.41. The first-order valence-electron chi connectivity index (χ1n) is 6.65. The molecule has 0 spiro atoms. The normalized spacial score (nSPS) is 42.2. The molecule has 18 heavy (non-hydrogen) atoms. The van der Waals surface area contributed by atoms with Crippen LogP contribution in [-0.2, 0) is 4.79 Å². The molecule has 0 aromatic carbocycles. The molecule has 4 unspecified atom stereocenters. The zero-order valence-electron chi connectivity index (χ0n) is 11.1. The molecule has 4 atom stereocenters. The summed E-state index contributed by atoms with van der Waals surface area (Å²) in [6.07, 6.45) is 4.89. The van der Waals surface area contributed by atoms with Gasteiger partial charge in [-0.1, -0.05) is 13.8 Å². The van der Waals surface area contributed by atoms with Crippen molar-refractivity contribution in [1.29, 1.82) is 0 Å². The van der Waals surface area contributed by atoms with Gasteiger partial charge in [-0.3, -0.25) is 0 Å². The largest absolute Gasteiger partial charge is 0.301 e. The van der Waals surface area contributed by atoms with Gasteiger partial charge in [0.25, 0.3) is 0 Å². The van der Waals surface area contributed by atoms with Gasteiger partial charge in [-0.15, -0.1) is 23.5 Å². The number of rotatable bonds is 3. The summed E-state index contributed by atoms with van der Waals surface area (Å²) < 4.78 is -0.132. The van der Waals surface area contributed by atoms with Crippen LogP contribution < -0.4 is 0 Å². The van der Waals surface area contributed by atoms with E-state index in [1.165, 1.54) is 30.6 Å². The summed E-state index contributed by atoms with van der Waals surface area (Å²) in [7, 11) is 0. The first kappa shape index (κ1) is 15.5. The summed E-state index contributed by atoms with van der Waals surface area (Å²) in [4.78, 5) is 11.5. The van der Waals surface area contributed by atoms with Crippen LogP contribution in [0.4, 0.5) is 0 Å². The number of thioether (sulfide) groups is 4. The van der Waals surface area contributed by atoms with E-state index in [1.54, 1.807) is 0 Å². The highest BCUT2D eigenvalue weighted by atomic mass is 32.2. The molecule has 0 radical (unpaired) electrons. The van der Waals surface area contributed by atoms with Gasteiger partial charge in [0, 0.05) is 27.3 Å². The number of hydrogen-bond donors (Lipinski definition) is 0. The quantitative estimate of drug-likeness (QED) is 0.724.